The maximum absolute atomic E-state index is 12.8. The van der Waals surface area contributed by atoms with Crippen molar-refractivity contribution in [1.82, 2.24) is 19.9 Å². The van der Waals surface area contributed by atoms with E-state index < -0.39 is 23.5 Å². The molecular weight excluding hydrogens is 468 g/mol. The van der Waals surface area contributed by atoms with E-state index in [9.17, 15) is 19.2 Å². The van der Waals surface area contributed by atoms with E-state index in [1.54, 1.807) is 25.7 Å². The van der Waals surface area contributed by atoms with Crippen LogP contribution in [0.25, 0.3) is 0 Å². The molecule has 0 radical (unpaired) electrons. The number of nitrogens with zero attached hydrogens (tertiary/aromatic N) is 3. The lowest BCUT2D eigenvalue weighted by Gasteiger charge is -2.19. The third kappa shape index (κ3) is 5.67. The third-order valence-corrected chi connectivity index (χ3v) is 5.90. The van der Waals surface area contributed by atoms with Crippen molar-refractivity contribution in [1.29, 1.82) is 0 Å². The number of likely N-dealkylation sites (tertiary alicyclic amines) is 1. The van der Waals surface area contributed by atoms with Crippen molar-refractivity contribution in [2.75, 3.05) is 6.54 Å². The van der Waals surface area contributed by atoms with Gasteiger partial charge >= 0.3 is 17.9 Å². The van der Waals surface area contributed by atoms with Gasteiger partial charge in [-0.15, -0.1) is 0 Å². The summed E-state index contributed by atoms with van der Waals surface area (Å²) < 4.78 is 16.2. The number of carbonyl (C=O) groups excluding carboxylic acids is 3. The monoisotopic (exact) mass is 498 g/mol. The van der Waals surface area contributed by atoms with Crippen molar-refractivity contribution in [2.45, 2.75) is 71.1 Å². The van der Waals surface area contributed by atoms with Crippen molar-refractivity contribution >= 4 is 18.1 Å². The van der Waals surface area contributed by atoms with Gasteiger partial charge in [0.2, 0.25) is 5.91 Å². The SMILES string of the molecule is CC(C)(C)OC(=O)n1c(CCCCC2=C3C(CCN3C(=O)OCc3ccccc3)NC2=O)noc1=O. The Bertz CT molecular complexity index is 1220. The minimum atomic E-state index is -0.905. The molecule has 1 saturated heterocycles. The number of ether oxygens (including phenoxy) is 2. The average molecular weight is 499 g/mol. The van der Waals surface area contributed by atoms with Crippen LogP contribution in [0.3, 0.4) is 0 Å². The van der Waals surface area contributed by atoms with Gasteiger partial charge in [0.15, 0.2) is 5.82 Å². The zero-order valence-corrected chi connectivity index (χ0v) is 20.6. The molecule has 11 heteroatoms. The average Bonchev–Trinajstić information content (AvgIpc) is 3.48. The molecule has 192 valence electrons. The molecule has 2 aromatic rings. The van der Waals surface area contributed by atoms with Gasteiger partial charge in [-0.3, -0.25) is 14.2 Å². The molecule has 2 amide bonds. The summed E-state index contributed by atoms with van der Waals surface area (Å²) >= 11 is 0. The molecule has 3 heterocycles. The second kappa shape index (κ2) is 10.4. The standard InChI is InChI=1S/C25H30N4O7/c1-25(2,3)35-23(32)29-19(27-36-24(29)33)12-8-7-11-17-20-18(26-21(17)30)13-14-28(20)22(31)34-15-16-9-5-4-6-10-16/h4-6,9-10,18H,7-8,11-15H2,1-3H3,(H,26,30). The van der Waals surface area contributed by atoms with Gasteiger partial charge in [0.25, 0.3) is 0 Å². The van der Waals surface area contributed by atoms with Gasteiger partial charge in [-0.2, -0.15) is 4.57 Å². The lowest BCUT2D eigenvalue weighted by atomic mass is 10.0. The lowest BCUT2D eigenvalue weighted by molar-refractivity contribution is -0.117. The zero-order chi connectivity index (χ0) is 25.9. The molecule has 0 bridgehead atoms. The van der Waals surface area contributed by atoms with E-state index in [4.69, 9.17) is 9.47 Å². The quantitative estimate of drug-likeness (QED) is 0.576. The van der Waals surface area contributed by atoms with Crippen LogP contribution < -0.4 is 11.1 Å². The van der Waals surface area contributed by atoms with E-state index >= 15 is 0 Å². The normalized spacial score (nSPS) is 17.2. The van der Waals surface area contributed by atoms with Crippen LogP contribution >= 0.6 is 0 Å². The second-order valence-electron chi connectivity index (χ2n) is 9.76. The largest absolute Gasteiger partial charge is 0.451 e. The second-order valence-corrected chi connectivity index (χ2v) is 9.76. The van der Waals surface area contributed by atoms with E-state index in [-0.39, 0.29) is 30.8 Å². The predicted molar refractivity (Wildman–Crippen MR) is 127 cm³/mol. The highest BCUT2D eigenvalue weighted by Crippen LogP contribution is 2.33. The Morgan fingerprint density at radius 1 is 1.11 bits per heavy atom. The Morgan fingerprint density at radius 2 is 1.83 bits per heavy atom. The van der Waals surface area contributed by atoms with Gasteiger partial charge in [0.05, 0.1) is 11.7 Å². The molecule has 1 aromatic heterocycles. The number of amides is 2. The Hall–Kier alpha value is -3.89. The maximum atomic E-state index is 12.8. The number of nitrogens with one attached hydrogen (secondary N) is 1. The van der Waals surface area contributed by atoms with Crippen molar-refractivity contribution in [3.05, 3.63) is 63.5 Å². The molecule has 1 unspecified atom stereocenters. The van der Waals surface area contributed by atoms with Crippen LogP contribution in [0.1, 0.15) is 57.8 Å². The van der Waals surface area contributed by atoms with Gasteiger partial charge in [0, 0.05) is 18.5 Å². The van der Waals surface area contributed by atoms with Gasteiger partial charge < -0.3 is 14.8 Å². The highest BCUT2D eigenvalue weighted by atomic mass is 16.6. The minimum absolute atomic E-state index is 0.155. The summed E-state index contributed by atoms with van der Waals surface area (Å²) in [5.41, 5.74) is 1.33. The molecule has 1 aromatic carbocycles. The summed E-state index contributed by atoms with van der Waals surface area (Å²) in [4.78, 5) is 51.2. The summed E-state index contributed by atoms with van der Waals surface area (Å²) in [5, 5.41) is 6.63. The topological polar surface area (TPSA) is 133 Å². The first-order valence-corrected chi connectivity index (χ1v) is 12.0. The number of fused-ring (bicyclic) bond motifs is 1. The fourth-order valence-corrected chi connectivity index (χ4v) is 4.32. The van der Waals surface area contributed by atoms with E-state index in [1.165, 1.54) is 0 Å². The molecule has 1 N–H and O–H groups in total. The molecule has 0 spiro atoms. The van der Waals surface area contributed by atoms with Crippen LogP contribution in [-0.4, -0.2) is 50.9 Å². The molecular formula is C25H30N4O7. The fraction of sp³-hybridized carbons (Fsp3) is 0.480. The summed E-state index contributed by atoms with van der Waals surface area (Å²) in [6, 6.07) is 9.19. The first-order chi connectivity index (χ1) is 17.1. The molecule has 4 rings (SSSR count). The summed E-state index contributed by atoms with van der Waals surface area (Å²) in [7, 11) is 0. The van der Waals surface area contributed by atoms with Crippen molar-refractivity contribution in [3.63, 3.8) is 0 Å². The Kier molecular flexibility index (Phi) is 7.27. The molecule has 36 heavy (non-hydrogen) atoms. The zero-order valence-electron chi connectivity index (χ0n) is 20.6. The van der Waals surface area contributed by atoms with Crippen LogP contribution in [0.2, 0.25) is 0 Å². The maximum Gasteiger partial charge on any atom is 0.451 e. The number of rotatable bonds is 7. The number of hydrogen-bond acceptors (Lipinski definition) is 8. The molecule has 11 nitrogen and oxygen atoms in total. The smallest absolute Gasteiger partial charge is 0.444 e. The molecule has 0 aliphatic carbocycles. The van der Waals surface area contributed by atoms with Crippen molar-refractivity contribution in [3.8, 4) is 0 Å². The van der Waals surface area contributed by atoms with Crippen molar-refractivity contribution in [2.24, 2.45) is 0 Å². The highest BCUT2D eigenvalue weighted by molar-refractivity contribution is 5.98. The van der Waals surface area contributed by atoms with E-state index in [0.29, 0.717) is 43.5 Å². The molecule has 1 fully saturated rings. The van der Waals surface area contributed by atoms with E-state index in [1.807, 2.05) is 30.3 Å². The van der Waals surface area contributed by atoms with Crippen molar-refractivity contribution < 1.29 is 28.4 Å². The van der Waals surface area contributed by atoms with Gasteiger partial charge in [0.1, 0.15) is 12.2 Å². The predicted octanol–water partition coefficient (Wildman–Crippen LogP) is 3.13. The van der Waals surface area contributed by atoms with Crippen LogP contribution in [0.15, 0.2) is 50.9 Å². The van der Waals surface area contributed by atoms with Gasteiger partial charge in [-0.25, -0.2) is 14.4 Å². The fourth-order valence-electron chi connectivity index (χ4n) is 4.32. The molecule has 2 aliphatic rings. The number of carbonyl (C=O) groups is 3. The Morgan fingerprint density at radius 3 is 2.56 bits per heavy atom. The minimum Gasteiger partial charge on any atom is -0.444 e. The van der Waals surface area contributed by atoms with Crippen LogP contribution in [0, 0.1) is 0 Å². The van der Waals surface area contributed by atoms with Gasteiger partial charge in [-0.1, -0.05) is 35.5 Å². The summed E-state index contributed by atoms with van der Waals surface area (Å²) in [6.45, 7) is 5.71. The highest BCUT2D eigenvalue weighted by Gasteiger charge is 2.42. The number of aryl methyl sites for hydroxylation is 1. The molecule has 2 aliphatic heterocycles. The first kappa shape index (κ1) is 25.2. The summed E-state index contributed by atoms with van der Waals surface area (Å²) in [6.07, 6.45) is 1.11. The van der Waals surface area contributed by atoms with Crippen LogP contribution in [0.5, 0.6) is 0 Å². The first-order valence-electron chi connectivity index (χ1n) is 12.0. The van der Waals surface area contributed by atoms with Crippen LogP contribution in [-0.2, 0) is 27.3 Å². The van der Waals surface area contributed by atoms with E-state index in [0.717, 1.165) is 10.1 Å². The summed E-state index contributed by atoms with van der Waals surface area (Å²) in [5.74, 6) is -0.937. The van der Waals surface area contributed by atoms with E-state index in [2.05, 4.69) is 15.0 Å². The van der Waals surface area contributed by atoms with Crippen LogP contribution in [0.4, 0.5) is 9.59 Å². The molecule has 1 atom stereocenters. The number of benzene rings is 1. The Labute approximate surface area is 208 Å². The lowest BCUT2D eigenvalue weighted by Crippen LogP contribution is -2.33. The van der Waals surface area contributed by atoms with Gasteiger partial charge in [-0.05, 0) is 52.0 Å². The number of aromatic nitrogens is 2. The number of hydrogen-bond donors (Lipinski definition) is 1. The number of unbranched alkanes of at least 4 members (excludes halogenated alkanes) is 1. The third-order valence-electron chi connectivity index (χ3n) is 5.90. The Balaban J connectivity index is 1.37. The molecule has 0 saturated carbocycles.